The summed E-state index contributed by atoms with van der Waals surface area (Å²) in [6.07, 6.45) is 0.910. The van der Waals surface area contributed by atoms with Crippen molar-refractivity contribution in [1.29, 1.82) is 0 Å². The number of hydrogen-bond acceptors (Lipinski definition) is 2. The molecular formula is C14H18N2. The number of rotatable bonds is 2. The summed E-state index contributed by atoms with van der Waals surface area (Å²) in [5, 5.41) is 0. The molecule has 0 aliphatic carbocycles. The van der Waals surface area contributed by atoms with Gasteiger partial charge in [0.25, 0.3) is 0 Å². The Kier molecular flexibility index (Phi) is 5.09. The third-order valence-corrected chi connectivity index (χ3v) is 2.29. The van der Waals surface area contributed by atoms with Crippen LogP contribution in [0.15, 0.2) is 54.6 Å². The molecule has 2 aromatic carbocycles. The Bertz CT molecular complexity index is 410. The summed E-state index contributed by atoms with van der Waals surface area (Å²) < 4.78 is 0. The van der Waals surface area contributed by atoms with E-state index in [2.05, 4.69) is 36.1 Å². The zero-order valence-corrected chi connectivity index (χ0v) is 9.56. The molecule has 84 valence electrons. The molecule has 0 heterocycles. The quantitative estimate of drug-likeness (QED) is 0.754. The van der Waals surface area contributed by atoms with Crippen molar-refractivity contribution in [1.82, 2.24) is 0 Å². The van der Waals surface area contributed by atoms with Gasteiger partial charge in [-0.15, -0.1) is 0 Å². The first-order chi connectivity index (χ1) is 7.86. The van der Waals surface area contributed by atoms with Gasteiger partial charge < -0.3 is 11.5 Å². The van der Waals surface area contributed by atoms with E-state index in [9.17, 15) is 0 Å². The Morgan fingerprint density at radius 2 is 1.38 bits per heavy atom. The van der Waals surface area contributed by atoms with Gasteiger partial charge in [-0.2, -0.15) is 0 Å². The molecule has 2 rings (SSSR count). The van der Waals surface area contributed by atoms with Crippen LogP contribution in [0.3, 0.4) is 0 Å². The molecule has 0 unspecified atom stereocenters. The Morgan fingerprint density at radius 3 is 2.00 bits per heavy atom. The molecule has 0 atom stereocenters. The summed E-state index contributed by atoms with van der Waals surface area (Å²) in [6.45, 7) is 0. The number of para-hydroxylation sites is 1. The van der Waals surface area contributed by atoms with E-state index in [0.29, 0.717) is 0 Å². The van der Waals surface area contributed by atoms with Crippen LogP contribution in [0.1, 0.15) is 11.1 Å². The Balaban J connectivity index is 0.000000606. The monoisotopic (exact) mass is 214 g/mol. The van der Waals surface area contributed by atoms with E-state index in [1.807, 2.05) is 24.3 Å². The molecule has 0 amide bonds. The van der Waals surface area contributed by atoms with Crippen LogP contribution in [-0.4, -0.2) is 7.05 Å². The first-order valence-corrected chi connectivity index (χ1v) is 5.31. The van der Waals surface area contributed by atoms with Gasteiger partial charge in [0, 0.05) is 5.69 Å². The number of nitrogen functional groups attached to an aromatic ring is 1. The lowest BCUT2D eigenvalue weighted by atomic mass is 10.0. The topological polar surface area (TPSA) is 52.0 Å². The maximum absolute atomic E-state index is 5.87. The van der Waals surface area contributed by atoms with Crippen LogP contribution in [0, 0.1) is 0 Å². The average molecular weight is 214 g/mol. The SMILES string of the molecule is CN.Nc1ccccc1Cc1ccccc1. The highest BCUT2D eigenvalue weighted by atomic mass is 14.6. The summed E-state index contributed by atoms with van der Waals surface area (Å²) in [7, 11) is 1.50. The third-order valence-electron chi connectivity index (χ3n) is 2.29. The minimum atomic E-state index is 0.872. The van der Waals surface area contributed by atoms with Gasteiger partial charge in [0.1, 0.15) is 0 Å². The number of nitrogens with two attached hydrogens (primary N) is 2. The summed E-state index contributed by atoms with van der Waals surface area (Å²) >= 11 is 0. The second kappa shape index (κ2) is 6.64. The van der Waals surface area contributed by atoms with Gasteiger partial charge >= 0.3 is 0 Å². The zero-order chi connectivity index (χ0) is 11.8. The molecule has 0 saturated heterocycles. The van der Waals surface area contributed by atoms with Crippen molar-refractivity contribution in [3.05, 3.63) is 65.7 Å². The lowest BCUT2D eigenvalue weighted by molar-refractivity contribution is 1.20. The van der Waals surface area contributed by atoms with Crippen molar-refractivity contribution < 1.29 is 0 Å². The molecule has 2 heteroatoms. The number of anilines is 1. The van der Waals surface area contributed by atoms with E-state index in [0.717, 1.165) is 12.1 Å². The zero-order valence-electron chi connectivity index (χ0n) is 9.56. The van der Waals surface area contributed by atoms with E-state index in [4.69, 9.17) is 5.73 Å². The predicted octanol–water partition coefficient (Wildman–Crippen LogP) is 2.43. The molecular weight excluding hydrogens is 196 g/mol. The van der Waals surface area contributed by atoms with Gasteiger partial charge in [-0.05, 0) is 30.7 Å². The standard InChI is InChI=1S/C13H13N.CH5N/c14-13-9-5-4-8-12(13)10-11-6-2-1-3-7-11;1-2/h1-9H,10,14H2;2H2,1H3. The molecule has 0 aliphatic rings. The molecule has 2 aromatic rings. The number of hydrogen-bond donors (Lipinski definition) is 2. The molecule has 4 N–H and O–H groups in total. The molecule has 0 fully saturated rings. The highest BCUT2D eigenvalue weighted by Crippen LogP contribution is 2.15. The minimum Gasteiger partial charge on any atom is -0.398 e. The fourth-order valence-electron chi connectivity index (χ4n) is 1.51. The van der Waals surface area contributed by atoms with Crippen molar-refractivity contribution in [2.75, 3.05) is 12.8 Å². The Hall–Kier alpha value is -1.80. The smallest absolute Gasteiger partial charge is 0.0349 e. The van der Waals surface area contributed by atoms with Crippen LogP contribution >= 0.6 is 0 Å². The van der Waals surface area contributed by atoms with Crippen LogP contribution in [0.5, 0.6) is 0 Å². The lowest BCUT2D eigenvalue weighted by Crippen LogP contribution is -1.94. The molecule has 0 aliphatic heterocycles. The maximum atomic E-state index is 5.87. The van der Waals surface area contributed by atoms with Crippen molar-refractivity contribution >= 4 is 5.69 Å². The second-order valence-electron chi connectivity index (χ2n) is 3.36. The summed E-state index contributed by atoms with van der Waals surface area (Å²) in [4.78, 5) is 0. The first kappa shape index (κ1) is 12.3. The van der Waals surface area contributed by atoms with Crippen molar-refractivity contribution in [3.8, 4) is 0 Å². The Morgan fingerprint density at radius 1 is 0.812 bits per heavy atom. The summed E-state index contributed by atoms with van der Waals surface area (Å²) in [5.41, 5.74) is 13.7. The van der Waals surface area contributed by atoms with Crippen LogP contribution < -0.4 is 11.5 Å². The minimum absolute atomic E-state index is 0.872. The Labute approximate surface area is 96.9 Å². The molecule has 0 aromatic heterocycles. The fraction of sp³-hybridized carbons (Fsp3) is 0.143. The normalized spacial score (nSPS) is 9.12. The molecule has 2 nitrogen and oxygen atoms in total. The molecule has 0 bridgehead atoms. The summed E-state index contributed by atoms with van der Waals surface area (Å²) in [5.74, 6) is 0. The van der Waals surface area contributed by atoms with E-state index < -0.39 is 0 Å². The largest absolute Gasteiger partial charge is 0.398 e. The average Bonchev–Trinajstić information content (AvgIpc) is 2.36. The predicted molar refractivity (Wildman–Crippen MR) is 70.2 cm³/mol. The van der Waals surface area contributed by atoms with E-state index in [1.165, 1.54) is 18.2 Å². The van der Waals surface area contributed by atoms with Crippen LogP contribution in [0.25, 0.3) is 0 Å². The van der Waals surface area contributed by atoms with Gasteiger partial charge in [-0.3, -0.25) is 0 Å². The van der Waals surface area contributed by atoms with Crippen molar-refractivity contribution in [3.63, 3.8) is 0 Å². The van der Waals surface area contributed by atoms with Gasteiger partial charge in [0.15, 0.2) is 0 Å². The second-order valence-corrected chi connectivity index (χ2v) is 3.36. The fourth-order valence-corrected chi connectivity index (χ4v) is 1.51. The van der Waals surface area contributed by atoms with E-state index in [1.54, 1.807) is 0 Å². The van der Waals surface area contributed by atoms with Crippen molar-refractivity contribution in [2.45, 2.75) is 6.42 Å². The lowest BCUT2D eigenvalue weighted by Gasteiger charge is -2.04. The highest BCUT2D eigenvalue weighted by molar-refractivity contribution is 5.48. The van der Waals surface area contributed by atoms with Gasteiger partial charge in [0.2, 0.25) is 0 Å². The number of benzene rings is 2. The van der Waals surface area contributed by atoms with Crippen molar-refractivity contribution in [2.24, 2.45) is 5.73 Å². The van der Waals surface area contributed by atoms with Gasteiger partial charge in [0.05, 0.1) is 0 Å². The van der Waals surface area contributed by atoms with Gasteiger partial charge in [-0.25, -0.2) is 0 Å². The molecule has 16 heavy (non-hydrogen) atoms. The van der Waals surface area contributed by atoms with Crippen LogP contribution in [0.4, 0.5) is 5.69 Å². The highest BCUT2D eigenvalue weighted by Gasteiger charge is 1.98. The summed E-state index contributed by atoms with van der Waals surface area (Å²) in [6, 6.07) is 18.4. The van der Waals surface area contributed by atoms with Crippen LogP contribution in [0.2, 0.25) is 0 Å². The molecule has 0 saturated carbocycles. The first-order valence-electron chi connectivity index (χ1n) is 5.31. The molecule has 0 spiro atoms. The van der Waals surface area contributed by atoms with Gasteiger partial charge in [-0.1, -0.05) is 48.5 Å². The van der Waals surface area contributed by atoms with Crippen LogP contribution in [-0.2, 0) is 6.42 Å². The van der Waals surface area contributed by atoms with E-state index in [-0.39, 0.29) is 0 Å². The van der Waals surface area contributed by atoms with E-state index >= 15 is 0 Å². The molecule has 0 radical (unpaired) electrons. The maximum Gasteiger partial charge on any atom is 0.0349 e. The third kappa shape index (κ3) is 3.41.